The Balaban J connectivity index is 1.93. The predicted molar refractivity (Wildman–Crippen MR) is 86.5 cm³/mol. The number of ether oxygens (including phenoxy) is 1. The fraction of sp³-hybridized carbons (Fsp3) is 0.647. The van der Waals surface area contributed by atoms with E-state index in [-0.39, 0.29) is 29.6 Å². The van der Waals surface area contributed by atoms with Gasteiger partial charge in [-0.1, -0.05) is 19.9 Å². The Labute approximate surface area is 133 Å². The van der Waals surface area contributed by atoms with E-state index in [1.54, 1.807) is 18.1 Å². The molecule has 22 heavy (non-hydrogen) atoms. The number of nitrogens with one attached hydrogen (secondary N) is 1. The van der Waals surface area contributed by atoms with Gasteiger partial charge < -0.3 is 15.0 Å². The fourth-order valence-electron chi connectivity index (χ4n) is 2.86. The Kier molecular flexibility index (Phi) is 5.06. The van der Waals surface area contributed by atoms with Crippen molar-refractivity contribution in [2.75, 3.05) is 13.7 Å². The molecule has 1 aromatic heterocycles. The topological polar surface area (TPSA) is 54.5 Å². The first-order chi connectivity index (χ1) is 10.4. The molecule has 0 bridgehead atoms. The number of pyridine rings is 1. The second kappa shape index (κ2) is 6.65. The third-order valence-electron chi connectivity index (χ3n) is 4.86. The SMILES string of the molecule is CCOC1CC(NC(=O)N(C)C(C)c2ccccn2)C1(C)C. The predicted octanol–water partition coefficient (Wildman–Crippen LogP) is 2.99. The van der Waals surface area contributed by atoms with E-state index in [1.807, 2.05) is 32.0 Å². The summed E-state index contributed by atoms with van der Waals surface area (Å²) in [6, 6.07) is 5.77. The molecule has 2 amide bonds. The molecule has 3 atom stereocenters. The molecule has 1 aliphatic rings. The number of carbonyl (C=O) groups excluding carboxylic acids is 1. The summed E-state index contributed by atoms with van der Waals surface area (Å²) in [5.41, 5.74) is 0.862. The highest BCUT2D eigenvalue weighted by molar-refractivity contribution is 5.75. The molecule has 122 valence electrons. The van der Waals surface area contributed by atoms with Crippen LogP contribution >= 0.6 is 0 Å². The summed E-state index contributed by atoms with van der Waals surface area (Å²) >= 11 is 0. The Hall–Kier alpha value is -1.62. The molecule has 0 radical (unpaired) electrons. The minimum atomic E-state index is -0.0637. The third kappa shape index (κ3) is 3.24. The lowest BCUT2D eigenvalue weighted by Gasteiger charge is -2.51. The van der Waals surface area contributed by atoms with Crippen molar-refractivity contribution in [3.63, 3.8) is 0 Å². The van der Waals surface area contributed by atoms with E-state index in [1.165, 1.54) is 0 Å². The summed E-state index contributed by atoms with van der Waals surface area (Å²) in [6.45, 7) is 8.99. The van der Waals surface area contributed by atoms with Crippen LogP contribution in [0.2, 0.25) is 0 Å². The van der Waals surface area contributed by atoms with Gasteiger partial charge in [-0.05, 0) is 32.4 Å². The highest BCUT2D eigenvalue weighted by Crippen LogP contribution is 2.42. The molecule has 2 rings (SSSR count). The van der Waals surface area contributed by atoms with Gasteiger partial charge in [-0.3, -0.25) is 4.98 Å². The molecule has 1 aliphatic carbocycles. The molecule has 0 aliphatic heterocycles. The van der Waals surface area contributed by atoms with E-state index in [0.717, 1.165) is 12.1 Å². The Morgan fingerprint density at radius 3 is 2.82 bits per heavy atom. The summed E-state index contributed by atoms with van der Waals surface area (Å²) in [5.74, 6) is 0. The van der Waals surface area contributed by atoms with Gasteiger partial charge in [0.25, 0.3) is 0 Å². The van der Waals surface area contributed by atoms with Gasteiger partial charge in [-0.25, -0.2) is 4.79 Å². The summed E-state index contributed by atoms with van der Waals surface area (Å²) in [6.07, 6.45) is 2.85. The quantitative estimate of drug-likeness (QED) is 0.910. The molecule has 1 N–H and O–H groups in total. The lowest BCUT2D eigenvalue weighted by Crippen LogP contribution is -2.63. The zero-order chi connectivity index (χ0) is 16.3. The van der Waals surface area contributed by atoms with Crippen LogP contribution in [0, 0.1) is 5.41 Å². The van der Waals surface area contributed by atoms with Crippen molar-refractivity contribution in [3.05, 3.63) is 30.1 Å². The van der Waals surface area contributed by atoms with Crippen LogP contribution in [0.15, 0.2) is 24.4 Å². The average Bonchev–Trinajstić information content (AvgIpc) is 2.53. The molecule has 0 aromatic carbocycles. The summed E-state index contributed by atoms with van der Waals surface area (Å²) in [5, 5.41) is 3.12. The van der Waals surface area contributed by atoms with E-state index in [2.05, 4.69) is 24.1 Å². The number of aromatic nitrogens is 1. The van der Waals surface area contributed by atoms with Crippen molar-refractivity contribution in [2.24, 2.45) is 5.41 Å². The first-order valence-corrected chi connectivity index (χ1v) is 7.93. The molecule has 5 heteroatoms. The molecule has 1 aromatic rings. The normalized spacial score (nSPS) is 24.2. The third-order valence-corrected chi connectivity index (χ3v) is 4.86. The lowest BCUT2D eigenvalue weighted by molar-refractivity contribution is -0.111. The zero-order valence-corrected chi connectivity index (χ0v) is 14.2. The van der Waals surface area contributed by atoms with E-state index in [4.69, 9.17) is 4.74 Å². The molecule has 1 fully saturated rings. The molecular formula is C17H27N3O2. The lowest BCUT2D eigenvalue weighted by atomic mass is 9.64. The maximum absolute atomic E-state index is 12.5. The van der Waals surface area contributed by atoms with E-state index in [0.29, 0.717) is 6.61 Å². The van der Waals surface area contributed by atoms with Gasteiger partial charge in [-0.2, -0.15) is 0 Å². The van der Waals surface area contributed by atoms with Crippen LogP contribution in [-0.4, -0.2) is 41.7 Å². The van der Waals surface area contributed by atoms with Crippen LogP contribution in [0.1, 0.15) is 45.9 Å². The highest BCUT2D eigenvalue weighted by atomic mass is 16.5. The number of rotatable bonds is 5. The summed E-state index contributed by atoms with van der Waals surface area (Å²) in [4.78, 5) is 18.5. The second-order valence-corrected chi connectivity index (χ2v) is 6.54. The number of urea groups is 1. The van der Waals surface area contributed by atoms with Crippen molar-refractivity contribution in [2.45, 2.75) is 52.3 Å². The van der Waals surface area contributed by atoms with Crippen molar-refractivity contribution in [1.82, 2.24) is 15.2 Å². The number of nitrogens with zero attached hydrogens (tertiary/aromatic N) is 2. The Bertz CT molecular complexity index is 504. The fourth-order valence-corrected chi connectivity index (χ4v) is 2.86. The summed E-state index contributed by atoms with van der Waals surface area (Å²) < 4.78 is 5.71. The largest absolute Gasteiger partial charge is 0.378 e. The number of hydrogen-bond donors (Lipinski definition) is 1. The maximum Gasteiger partial charge on any atom is 0.317 e. The van der Waals surface area contributed by atoms with Crippen LogP contribution < -0.4 is 5.32 Å². The van der Waals surface area contributed by atoms with Gasteiger partial charge in [0, 0.05) is 31.3 Å². The van der Waals surface area contributed by atoms with Crippen LogP contribution in [0.25, 0.3) is 0 Å². The standard InChI is InChI=1S/C17H27N3O2/c1-6-22-15-11-14(17(15,3)4)19-16(21)20(5)12(2)13-9-7-8-10-18-13/h7-10,12,14-15H,6,11H2,1-5H3,(H,19,21). The van der Waals surface area contributed by atoms with Crippen molar-refractivity contribution in [1.29, 1.82) is 0 Å². The van der Waals surface area contributed by atoms with Crippen LogP contribution in [-0.2, 0) is 4.74 Å². The van der Waals surface area contributed by atoms with Gasteiger partial charge >= 0.3 is 6.03 Å². The smallest absolute Gasteiger partial charge is 0.317 e. The van der Waals surface area contributed by atoms with E-state index in [9.17, 15) is 4.79 Å². The van der Waals surface area contributed by atoms with Gasteiger partial charge in [0.15, 0.2) is 0 Å². The average molecular weight is 305 g/mol. The van der Waals surface area contributed by atoms with Crippen molar-refractivity contribution in [3.8, 4) is 0 Å². The minimum Gasteiger partial charge on any atom is -0.378 e. The minimum absolute atomic E-state index is 0.0270. The van der Waals surface area contributed by atoms with Gasteiger partial charge in [0.05, 0.1) is 17.8 Å². The van der Waals surface area contributed by atoms with E-state index >= 15 is 0 Å². The van der Waals surface area contributed by atoms with Crippen molar-refractivity contribution >= 4 is 6.03 Å². The molecule has 5 nitrogen and oxygen atoms in total. The molecular weight excluding hydrogens is 278 g/mol. The molecule has 0 saturated heterocycles. The maximum atomic E-state index is 12.5. The van der Waals surface area contributed by atoms with Crippen LogP contribution in [0.5, 0.6) is 0 Å². The zero-order valence-electron chi connectivity index (χ0n) is 14.2. The van der Waals surface area contributed by atoms with E-state index < -0.39 is 0 Å². The van der Waals surface area contributed by atoms with Crippen molar-refractivity contribution < 1.29 is 9.53 Å². The molecule has 3 unspecified atom stereocenters. The van der Waals surface area contributed by atoms with Gasteiger partial charge in [0.2, 0.25) is 0 Å². The number of carbonyl (C=O) groups is 1. The van der Waals surface area contributed by atoms with Gasteiger partial charge in [-0.15, -0.1) is 0 Å². The second-order valence-electron chi connectivity index (χ2n) is 6.54. The number of amides is 2. The molecule has 0 spiro atoms. The molecule has 1 saturated carbocycles. The molecule has 1 heterocycles. The highest BCUT2D eigenvalue weighted by Gasteiger charge is 2.49. The first kappa shape index (κ1) is 16.7. The first-order valence-electron chi connectivity index (χ1n) is 7.93. The monoisotopic (exact) mass is 305 g/mol. The van der Waals surface area contributed by atoms with Crippen LogP contribution in [0.3, 0.4) is 0 Å². The van der Waals surface area contributed by atoms with Gasteiger partial charge in [0.1, 0.15) is 0 Å². The number of hydrogen-bond acceptors (Lipinski definition) is 3. The Morgan fingerprint density at radius 1 is 1.55 bits per heavy atom. The Morgan fingerprint density at radius 2 is 2.27 bits per heavy atom. The summed E-state index contributed by atoms with van der Waals surface area (Å²) in [7, 11) is 1.81. The van der Waals surface area contributed by atoms with Crippen LogP contribution in [0.4, 0.5) is 4.79 Å².